The molecule has 35 heavy (non-hydrogen) atoms. The fourth-order valence-corrected chi connectivity index (χ4v) is 4.45. The van der Waals surface area contributed by atoms with Crippen molar-refractivity contribution in [1.82, 2.24) is 30.1 Å². The van der Waals surface area contributed by atoms with Gasteiger partial charge in [-0.2, -0.15) is 0 Å². The van der Waals surface area contributed by atoms with Crippen molar-refractivity contribution in [2.75, 3.05) is 0 Å². The number of fused-ring (bicyclic) bond motifs is 1. The van der Waals surface area contributed by atoms with E-state index in [0.717, 1.165) is 35.3 Å². The third kappa shape index (κ3) is 4.95. The van der Waals surface area contributed by atoms with Gasteiger partial charge in [-0.1, -0.05) is 19.9 Å². The van der Waals surface area contributed by atoms with Crippen molar-refractivity contribution in [3.05, 3.63) is 99.9 Å². The number of hydrogen-bond donors (Lipinski definition) is 1. The molecule has 0 radical (unpaired) electrons. The first kappa shape index (κ1) is 22.8. The largest absolute Gasteiger partial charge is 0.468 e. The number of furan rings is 2. The Morgan fingerprint density at radius 1 is 1.03 bits per heavy atom. The molecule has 0 bridgehead atoms. The number of tetrazole rings is 1. The van der Waals surface area contributed by atoms with Gasteiger partial charge in [-0.15, -0.1) is 5.10 Å². The fraction of sp³-hybridized carbons (Fsp3) is 0.308. The first-order valence-corrected chi connectivity index (χ1v) is 11.8. The van der Waals surface area contributed by atoms with Crippen molar-refractivity contribution in [3.63, 3.8) is 0 Å². The van der Waals surface area contributed by atoms with Gasteiger partial charge in [-0.25, -0.2) is 4.68 Å². The Bertz CT molecular complexity index is 1440. The minimum absolute atomic E-state index is 0.101. The number of nitrogens with zero attached hydrogens (tertiary/aromatic N) is 5. The van der Waals surface area contributed by atoms with E-state index in [2.05, 4.69) is 45.3 Å². The molecule has 0 saturated carbocycles. The molecular formula is C26H28N6O3. The molecule has 1 atom stereocenters. The molecule has 0 spiro atoms. The number of pyridine rings is 1. The van der Waals surface area contributed by atoms with Crippen LogP contribution in [0.25, 0.3) is 10.9 Å². The maximum Gasteiger partial charge on any atom is 0.252 e. The summed E-state index contributed by atoms with van der Waals surface area (Å²) in [7, 11) is 0. The van der Waals surface area contributed by atoms with Gasteiger partial charge in [-0.3, -0.25) is 9.69 Å². The number of H-pyrrole nitrogens is 1. The number of aromatic nitrogens is 5. The molecule has 9 heteroatoms. The minimum Gasteiger partial charge on any atom is -0.468 e. The predicted octanol–water partition coefficient (Wildman–Crippen LogP) is 4.46. The maximum absolute atomic E-state index is 13.0. The number of benzene rings is 1. The third-order valence-electron chi connectivity index (χ3n) is 6.28. The second kappa shape index (κ2) is 10.1. The SMILES string of the molecule is CCc1ccc2[nH]c(=O)c(CN(Cc3ccco3)[C@H](CC)c3nnnn3Cc3ccco3)cc2c1. The van der Waals surface area contributed by atoms with Crippen LogP contribution in [-0.4, -0.2) is 30.1 Å². The van der Waals surface area contributed by atoms with E-state index in [4.69, 9.17) is 8.83 Å². The Labute approximate surface area is 202 Å². The molecule has 5 aromatic rings. The van der Waals surface area contributed by atoms with Crippen molar-refractivity contribution >= 4 is 10.9 Å². The Balaban J connectivity index is 1.51. The van der Waals surface area contributed by atoms with Crippen LogP contribution in [0, 0.1) is 0 Å². The Kier molecular flexibility index (Phi) is 6.58. The van der Waals surface area contributed by atoms with Crippen molar-refractivity contribution in [1.29, 1.82) is 0 Å². The lowest BCUT2D eigenvalue weighted by atomic mass is 10.1. The smallest absolute Gasteiger partial charge is 0.252 e. The summed E-state index contributed by atoms with van der Waals surface area (Å²) in [6.07, 6.45) is 4.97. The lowest BCUT2D eigenvalue weighted by Crippen LogP contribution is -2.32. The fourth-order valence-electron chi connectivity index (χ4n) is 4.45. The van der Waals surface area contributed by atoms with E-state index in [9.17, 15) is 4.79 Å². The average Bonchev–Trinajstić information content (AvgIpc) is 3.65. The van der Waals surface area contributed by atoms with Crippen molar-refractivity contribution in [2.24, 2.45) is 0 Å². The van der Waals surface area contributed by atoms with Crippen LogP contribution in [0.1, 0.15) is 54.8 Å². The Morgan fingerprint density at radius 3 is 2.54 bits per heavy atom. The molecule has 0 saturated heterocycles. The lowest BCUT2D eigenvalue weighted by molar-refractivity contribution is 0.149. The van der Waals surface area contributed by atoms with E-state index in [1.807, 2.05) is 42.5 Å². The number of nitrogens with one attached hydrogen (secondary N) is 1. The highest BCUT2D eigenvalue weighted by Crippen LogP contribution is 2.27. The van der Waals surface area contributed by atoms with Gasteiger partial charge in [0.25, 0.3) is 5.56 Å². The first-order valence-electron chi connectivity index (χ1n) is 11.8. The summed E-state index contributed by atoms with van der Waals surface area (Å²) in [6.45, 7) is 5.55. The van der Waals surface area contributed by atoms with Gasteiger partial charge in [0, 0.05) is 17.6 Å². The van der Waals surface area contributed by atoms with Gasteiger partial charge in [0.15, 0.2) is 5.82 Å². The van der Waals surface area contributed by atoms with Crippen LogP contribution < -0.4 is 5.56 Å². The van der Waals surface area contributed by atoms with E-state index in [1.165, 1.54) is 5.56 Å². The molecule has 0 aliphatic heterocycles. The summed E-state index contributed by atoms with van der Waals surface area (Å²) >= 11 is 0. The second-order valence-electron chi connectivity index (χ2n) is 8.58. The van der Waals surface area contributed by atoms with Crippen LogP contribution in [0.4, 0.5) is 0 Å². The highest BCUT2D eigenvalue weighted by Gasteiger charge is 2.27. The summed E-state index contributed by atoms with van der Waals surface area (Å²) in [5, 5.41) is 13.5. The summed E-state index contributed by atoms with van der Waals surface area (Å²) in [6, 6.07) is 15.5. The molecule has 180 valence electrons. The van der Waals surface area contributed by atoms with Crippen LogP contribution in [0.5, 0.6) is 0 Å². The number of aromatic amines is 1. The lowest BCUT2D eigenvalue weighted by Gasteiger charge is -2.29. The summed E-state index contributed by atoms with van der Waals surface area (Å²) in [5.41, 5.74) is 2.64. The van der Waals surface area contributed by atoms with Gasteiger partial charge in [-0.05, 0) is 76.7 Å². The van der Waals surface area contributed by atoms with E-state index in [-0.39, 0.29) is 11.6 Å². The summed E-state index contributed by atoms with van der Waals surface area (Å²) in [5.74, 6) is 2.28. The summed E-state index contributed by atoms with van der Waals surface area (Å²) in [4.78, 5) is 18.3. The highest BCUT2D eigenvalue weighted by molar-refractivity contribution is 5.79. The zero-order chi connectivity index (χ0) is 24.2. The molecule has 4 heterocycles. The Hall–Kier alpha value is -3.98. The summed E-state index contributed by atoms with van der Waals surface area (Å²) < 4.78 is 12.9. The van der Waals surface area contributed by atoms with Crippen LogP contribution >= 0.6 is 0 Å². The quantitative estimate of drug-likeness (QED) is 0.320. The maximum atomic E-state index is 13.0. The van der Waals surface area contributed by atoms with E-state index in [1.54, 1.807) is 17.2 Å². The van der Waals surface area contributed by atoms with Gasteiger partial charge in [0.05, 0.1) is 25.1 Å². The average molecular weight is 473 g/mol. The van der Waals surface area contributed by atoms with Crippen molar-refractivity contribution in [3.8, 4) is 0 Å². The predicted molar refractivity (Wildman–Crippen MR) is 131 cm³/mol. The van der Waals surface area contributed by atoms with Crippen LogP contribution in [0.15, 0.2) is 74.7 Å². The normalized spacial score (nSPS) is 12.5. The second-order valence-corrected chi connectivity index (χ2v) is 8.58. The molecule has 0 aliphatic carbocycles. The first-order chi connectivity index (χ1) is 17.1. The van der Waals surface area contributed by atoms with E-state index < -0.39 is 0 Å². The van der Waals surface area contributed by atoms with Gasteiger partial charge >= 0.3 is 0 Å². The molecule has 0 fully saturated rings. The van der Waals surface area contributed by atoms with Crippen LogP contribution in [0.2, 0.25) is 0 Å². The monoisotopic (exact) mass is 472 g/mol. The molecule has 4 aromatic heterocycles. The van der Waals surface area contributed by atoms with E-state index in [0.29, 0.717) is 31.0 Å². The Morgan fingerprint density at radius 2 is 1.83 bits per heavy atom. The third-order valence-corrected chi connectivity index (χ3v) is 6.28. The van der Waals surface area contributed by atoms with Gasteiger partial charge in [0.1, 0.15) is 18.1 Å². The molecule has 1 aromatic carbocycles. The standard InChI is InChI=1S/C26H28N6O3/c1-3-18-9-10-23-19(13-18)14-20(26(33)27-23)15-31(16-21-7-5-11-34-21)24(4-2)25-28-29-30-32(25)17-22-8-6-12-35-22/h5-14,24H,3-4,15-17H2,1-2H3,(H,27,33)/t24-/m1/s1. The zero-order valence-corrected chi connectivity index (χ0v) is 19.8. The number of aryl methyl sites for hydroxylation is 1. The number of hydrogen-bond acceptors (Lipinski definition) is 7. The molecule has 0 unspecified atom stereocenters. The minimum atomic E-state index is -0.151. The zero-order valence-electron chi connectivity index (χ0n) is 19.8. The van der Waals surface area contributed by atoms with Crippen LogP contribution in [-0.2, 0) is 26.1 Å². The van der Waals surface area contributed by atoms with Crippen molar-refractivity contribution < 1.29 is 8.83 Å². The molecule has 5 rings (SSSR count). The molecule has 9 nitrogen and oxygen atoms in total. The topological polar surface area (TPSA) is 106 Å². The molecule has 0 aliphatic rings. The van der Waals surface area contributed by atoms with E-state index >= 15 is 0 Å². The molecular weight excluding hydrogens is 444 g/mol. The molecule has 1 N–H and O–H groups in total. The highest BCUT2D eigenvalue weighted by atomic mass is 16.3. The van der Waals surface area contributed by atoms with Crippen LogP contribution in [0.3, 0.4) is 0 Å². The number of rotatable bonds is 10. The van der Waals surface area contributed by atoms with Gasteiger partial charge in [0.2, 0.25) is 0 Å². The van der Waals surface area contributed by atoms with Gasteiger partial charge < -0.3 is 13.8 Å². The van der Waals surface area contributed by atoms with Crippen molar-refractivity contribution in [2.45, 2.75) is 52.4 Å². The molecule has 0 amide bonds.